The lowest BCUT2D eigenvalue weighted by Gasteiger charge is -2.30. The van der Waals surface area contributed by atoms with E-state index in [0.717, 1.165) is 0 Å². The van der Waals surface area contributed by atoms with E-state index in [-0.39, 0.29) is 0 Å². The molecule has 0 aliphatic heterocycles. The minimum atomic E-state index is -3.85. The van der Waals surface area contributed by atoms with Crippen LogP contribution in [-0.2, 0) is 8.23 Å². The molecular weight excluding hydrogens is 220 g/mol. The van der Waals surface area contributed by atoms with Gasteiger partial charge >= 0.3 is 9.05 Å². The summed E-state index contributed by atoms with van der Waals surface area (Å²) in [4.78, 5) is 19.0. The Balaban J connectivity index is 4.25. The number of hydrogen-bond acceptors (Lipinski definition) is 4. The zero-order chi connectivity index (χ0) is 10.9. The quantitative estimate of drug-likeness (QED) is 0.723. The van der Waals surface area contributed by atoms with E-state index in [9.17, 15) is 9.59 Å². The zero-order valence-corrected chi connectivity index (χ0v) is 12.2. The van der Waals surface area contributed by atoms with E-state index in [1.54, 1.807) is 0 Å². The Hall–Kier alpha value is 0.491. The van der Waals surface area contributed by atoms with Gasteiger partial charge in [-0.3, -0.25) is 0 Å². The topological polar surface area (TPSA) is 58.9 Å². The molecule has 0 bridgehead atoms. The van der Waals surface area contributed by atoms with Crippen molar-refractivity contribution in [1.29, 1.82) is 0 Å². The van der Waals surface area contributed by atoms with Crippen molar-refractivity contribution in [2.75, 3.05) is 0 Å². The van der Waals surface area contributed by atoms with Crippen LogP contribution < -0.4 is 0 Å². The van der Waals surface area contributed by atoms with Crippen molar-refractivity contribution >= 4 is 25.7 Å². The highest BCUT2D eigenvalue weighted by atomic mass is 28.5. The second-order valence-electron chi connectivity index (χ2n) is 4.98. The largest absolute Gasteiger partial charge is 0.652 e. The Kier molecular flexibility index (Phi) is 4.08. The molecule has 0 rings (SSSR count). The van der Waals surface area contributed by atoms with Gasteiger partial charge in [0, 0.05) is 0 Å². The number of rotatable bonds is 4. The molecule has 0 aromatic rings. The fraction of sp³-hybridized carbons (Fsp3) is 1.00. The predicted molar refractivity (Wildman–Crippen MR) is 59.1 cm³/mol. The van der Waals surface area contributed by atoms with E-state index in [2.05, 4.69) is 0 Å². The molecule has 4 nitrogen and oxygen atoms in total. The number of hydrogen-bond donors (Lipinski definition) is 2. The second kappa shape index (κ2) is 3.93. The van der Waals surface area contributed by atoms with Crippen LogP contribution in [0.25, 0.3) is 0 Å². The van der Waals surface area contributed by atoms with Crippen LogP contribution in [0.2, 0.25) is 39.3 Å². The van der Waals surface area contributed by atoms with Gasteiger partial charge in [0.05, 0.1) is 0 Å². The summed E-state index contributed by atoms with van der Waals surface area (Å²) in [6.45, 7) is 11.4. The summed E-state index contributed by atoms with van der Waals surface area (Å²) in [7, 11) is -7.72. The van der Waals surface area contributed by atoms with E-state index in [1.165, 1.54) is 0 Å². The third-order valence-corrected chi connectivity index (χ3v) is 7.90. The Morgan fingerprint density at radius 3 is 1.08 bits per heavy atom. The van der Waals surface area contributed by atoms with Crippen LogP contribution in [0.3, 0.4) is 0 Å². The smallest absolute Gasteiger partial charge is 0.395 e. The van der Waals surface area contributed by atoms with Gasteiger partial charge in [-0.15, -0.1) is 0 Å². The van der Waals surface area contributed by atoms with Crippen molar-refractivity contribution < 1.29 is 17.8 Å². The lowest BCUT2D eigenvalue weighted by atomic mass is 11.8. The molecule has 0 heterocycles. The normalized spacial score (nSPS) is 14.8. The molecule has 0 aliphatic carbocycles. The molecule has 0 saturated carbocycles. The first-order valence-electron chi connectivity index (χ1n) is 4.26. The highest BCUT2D eigenvalue weighted by molar-refractivity contribution is 6.82. The molecule has 7 heteroatoms. The van der Waals surface area contributed by atoms with Gasteiger partial charge < -0.3 is 17.8 Å². The molecule has 80 valence electrons. The standard InChI is InChI=1S/C6H20O4Si3/c1-11(2,3)9-13(7,8)10-12(4,5)6/h7-8H,1-6H3. The maximum Gasteiger partial charge on any atom is 0.652 e. The zero-order valence-electron chi connectivity index (χ0n) is 9.21. The molecule has 0 aromatic carbocycles. The summed E-state index contributed by atoms with van der Waals surface area (Å²) >= 11 is 0. The van der Waals surface area contributed by atoms with Crippen LogP contribution in [0.1, 0.15) is 0 Å². The first-order valence-corrected chi connectivity index (χ1v) is 12.8. The van der Waals surface area contributed by atoms with Gasteiger partial charge in [0.15, 0.2) is 16.6 Å². The minimum Gasteiger partial charge on any atom is -0.395 e. The Bertz CT molecular complexity index is 152. The minimum absolute atomic E-state index is 1.90. The molecule has 13 heavy (non-hydrogen) atoms. The molecule has 0 saturated heterocycles. The van der Waals surface area contributed by atoms with Crippen molar-refractivity contribution in [3.05, 3.63) is 0 Å². The third-order valence-electron chi connectivity index (χ3n) is 0.878. The van der Waals surface area contributed by atoms with Crippen LogP contribution in [0.5, 0.6) is 0 Å². The molecule has 2 N–H and O–H groups in total. The summed E-state index contributed by atoms with van der Waals surface area (Å²) in [5.74, 6) is 0. The van der Waals surface area contributed by atoms with Gasteiger partial charge in [-0.1, -0.05) is 0 Å². The fourth-order valence-electron chi connectivity index (χ4n) is 0.819. The molecule has 0 aliphatic rings. The van der Waals surface area contributed by atoms with Gasteiger partial charge in [-0.05, 0) is 39.3 Å². The van der Waals surface area contributed by atoms with E-state index in [1.807, 2.05) is 39.3 Å². The molecule has 0 spiro atoms. The van der Waals surface area contributed by atoms with E-state index in [0.29, 0.717) is 0 Å². The van der Waals surface area contributed by atoms with E-state index >= 15 is 0 Å². The summed E-state index contributed by atoms with van der Waals surface area (Å²) < 4.78 is 10.4. The van der Waals surface area contributed by atoms with E-state index < -0.39 is 25.7 Å². The average Bonchev–Trinajstić information content (AvgIpc) is 1.43. The Labute approximate surface area is 83.3 Å². The Morgan fingerprint density at radius 2 is 0.923 bits per heavy atom. The summed E-state index contributed by atoms with van der Waals surface area (Å²) in [5, 5.41) is 0. The van der Waals surface area contributed by atoms with Crippen molar-refractivity contribution in [2.45, 2.75) is 39.3 Å². The summed E-state index contributed by atoms with van der Waals surface area (Å²) in [6.07, 6.45) is 0. The van der Waals surface area contributed by atoms with Gasteiger partial charge in [0.2, 0.25) is 0 Å². The van der Waals surface area contributed by atoms with Gasteiger partial charge in [-0.2, -0.15) is 0 Å². The molecule has 0 radical (unpaired) electrons. The maximum absolute atomic E-state index is 9.51. The van der Waals surface area contributed by atoms with Gasteiger partial charge in [-0.25, -0.2) is 0 Å². The first-order chi connectivity index (χ1) is 5.41. The molecule has 0 amide bonds. The van der Waals surface area contributed by atoms with Crippen LogP contribution in [-0.4, -0.2) is 35.3 Å². The molecular formula is C6H20O4Si3. The highest BCUT2D eigenvalue weighted by Crippen LogP contribution is 2.15. The molecule has 0 fully saturated rings. The van der Waals surface area contributed by atoms with Gasteiger partial charge in [0.1, 0.15) is 0 Å². The maximum atomic E-state index is 9.51. The highest BCUT2D eigenvalue weighted by Gasteiger charge is 2.44. The fourth-order valence-corrected chi connectivity index (χ4v) is 7.74. The second-order valence-corrected chi connectivity index (χ2v) is 16.2. The first kappa shape index (κ1) is 13.5. The lowest BCUT2D eigenvalue weighted by molar-refractivity contribution is 0.133. The van der Waals surface area contributed by atoms with Crippen molar-refractivity contribution in [2.24, 2.45) is 0 Å². The van der Waals surface area contributed by atoms with Crippen LogP contribution >= 0.6 is 0 Å². The Morgan fingerprint density at radius 1 is 0.692 bits per heavy atom. The molecule has 0 atom stereocenters. The van der Waals surface area contributed by atoms with E-state index in [4.69, 9.17) is 8.23 Å². The monoisotopic (exact) mass is 240 g/mol. The van der Waals surface area contributed by atoms with Crippen LogP contribution in [0, 0.1) is 0 Å². The third kappa shape index (κ3) is 8.81. The summed E-state index contributed by atoms with van der Waals surface area (Å²) in [6, 6.07) is 0. The van der Waals surface area contributed by atoms with Crippen molar-refractivity contribution in [1.82, 2.24) is 0 Å². The van der Waals surface area contributed by atoms with Crippen LogP contribution in [0.4, 0.5) is 0 Å². The predicted octanol–water partition coefficient (Wildman–Crippen LogP) is 1.11. The lowest BCUT2D eigenvalue weighted by Crippen LogP contribution is -2.55. The van der Waals surface area contributed by atoms with Crippen molar-refractivity contribution in [3.63, 3.8) is 0 Å². The van der Waals surface area contributed by atoms with Crippen LogP contribution in [0.15, 0.2) is 0 Å². The molecule has 0 unspecified atom stereocenters. The van der Waals surface area contributed by atoms with Crippen molar-refractivity contribution in [3.8, 4) is 0 Å². The summed E-state index contributed by atoms with van der Waals surface area (Å²) in [5.41, 5.74) is 0. The SMILES string of the molecule is C[Si](C)(C)O[Si](O)(O)O[Si](C)(C)C. The molecule has 0 aromatic heterocycles. The van der Waals surface area contributed by atoms with Gasteiger partial charge in [0.25, 0.3) is 0 Å². The average molecular weight is 240 g/mol.